The molecular weight excluding hydrogens is 385 g/mol. The summed E-state index contributed by atoms with van der Waals surface area (Å²) in [5, 5.41) is 0. The molecule has 0 spiro atoms. The number of aromatic nitrogens is 3. The largest absolute Gasteiger partial charge is 0.348 e. The van der Waals surface area contributed by atoms with Crippen LogP contribution < -0.4 is 0 Å². The number of rotatable bonds is 5. The van der Waals surface area contributed by atoms with Crippen LogP contribution in [0.4, 0.5) is 0 Å². The first-order valence-corrected chi connectivity index (χ1v) is 9.14. The van der Waals surface area contributed by atoms with Crippen molar-refractivity contribution < 1.29 is 0 Å². The first kappa shape index (κ1) is 22.6. The molecule has 1 atom stereocenters. The SMILES string of the molecule is CC(C)(C)c1ccc(SCC(c2ccncc2)c2cnc[nH]2)cc1.Cl.Cl. The van der Waals surface area contributed by atoms with Gasteiger partial charge in [0.25, 0.3) is 0 Å². The fourth-order valence-electron chi connectivity index (χ4n) is 2.65. The topological polar surface area (TPSA) is 41.6 Å². The number of thioether (sulfide) groups is 1. The zero-order chi connectivity index (χ0) is 17.0. The molecule has 3 nitrogen and oxygen atoms in total. The minimum Gasteiger partial charge on any atom is -0.348 e. The minimum absolute atomic E-state index is 0. The molecule has 0 radical (unpaired) electrons. The highest BCUT2D eigenvalue weighted by atomic mass is 35.5. The zero-order valence-corrected chi connectivity index (χ0v) is 17.6. The smallest absolute Gasteiger partial charge is 0.0921 e. The first-order chi connectivity index (χ1) is 11.5. The summed E-state index contributed by atoms with van der Waals surface area (Å²) >= 11 is 1.87. The van der Waals surface area contributed by atoms with Gasteiger partial charge in [0.2, 0.25) is 0 Å². The van der Waals surface area contributed by atoms with Crippen LogP contribution in [0, 0.1) is 0 Å². The molecule has 3 rings (SSSR count). The Morgan fingerprint density at radius 2 is 1.62 bits per heavy atom. The number of hydrogen-bond donors (Lipinski definition) is 1. The molecule has 0 fully saturated rings. The lowest BCUT2D eigenvalue weighted by atomic mass is 9.87. The highest BCUT2D eigenvalue weighted by Gasteiger charge is 2.17. The highest BCUT2D eigenvalue weighted by molar-refractivity contribution is 7.99. The molecule has 0 aliphatic heterocycles. The number of nitrogens with one attached hydrogen (secondary N) is 1. The Bertz CT molecular complexity index is 754. The lowest BCUT2D eigenvalue weighted by Crippen LogP contribution is -2.10. The fraction of sp³-hybridized carbons (Fsp3) is 0.300. The maximum absolute atomic E-state index is 4.18. The van der Waals surface area contributed by atoms with Gasteiger partial charge in [-0.05, 0) is 40.8 Å². The Morgan fingerprint density at radius 3 is 2.15 bits per heavy atom. The van der Waals surface area contributed by atoms with Gasteiger partial charge < -0.3 is 4.98 Å². The first-order valence-electron chi connectivity index (χ1n) is 8.15. The molecule has 1 N–H and O–H groups in total. The summed E-state index contributed by atoms with van der Waals surface area (Å²) in [6.07, 6.45) is 7.35. The van der Waals surface area contributed by atoms with Gasteiger partial charge in [-0.3, -0.25) is 4.98 Å². The molecule has 0 aliphatic carbocycles. The van der Waals surface area contributed by atoms with Gasteiger partial charge >= 0.3 is 0 Å². The van der Waals surface area contributed by atoms with E-state index in [9.17, 15) is 0 Å². The van der Waals surface area contributed by atoms with Crippen LogP contribution >= 0.6 is 36.6 Å². The van der Waals surface area contributed by atoms with Gasteiger partial charge in [0.1, 0.15) is 0 Å². The summed E-state index contributed by atoms with van der Waals surface area (Å²) in [6, 6.07) is 13.1. The number of benzene rings is 1. The Hall–Kier alpha value is -1.49. The Morgan fingerprint density at radius 1 is 0.962 bits per heavy atom. The van der Waals surface area contributed by atoms with E-state index in [4.69, 9.17) is 0 Å². The van der Waals surface area contributed by atoms with Gasteiger partial charge in [0, 0.05) is 40.9 Å². The van der Waals surface area contributed by atoms with Crippen LogP contribution in [0.15, 0.2) is 66.2 Å². The van der Waals surface area contributed by atoms with E-state index in [2.05, 4.69) is 72.1 Å². The van der Waals surface area contributed by atoms with Crippen LogP contribution in [0.5, 0.6) is 0 Å². The molecule has 0 amide bonds. The molecule has 0 saturated carbocycles. The summed E-state index contributed by atoms with van der Waals surface area (Å²) in [5.41, 5.74) is 3.96. The van der Waals surface area contributed by atoms with Gasteiger partial charge in [0.05, 0.1) is 6.33 Å². The highest BCUT2D eigenvalue weighted by Crippen LogP contribution is 2.31. The van der Waals surface area contributed by atoms with Crippen molar-refractivity contribution in [2.45, 2.75) is 37.0 Å². The van der Waals surface area contributed by atoms with Crippen molar-refractivity contribution in [1.82, 2.24) is 15.0 Å². The van der Waals surface area contributed by atoms with Crippen molar-refractivity contribution in [1.29, 1.82) is 0 Å². The summed E-state index contributed by atoms with van der Waals surface area (Å²) in [4.78, 5) is 12.9. The van der Waals surface area contributed by atoms with Crippen molar-refractivity contribution in [2.24, 2.45) is 0 Å². The van der Waals surface area contributed by atoms with Crippen LogP contribution in [-0.2, 0) is 5.41 Å². The predicted octanol–water partition coefficient (Wildman–Crippen LogP) is 5.87. The van der Waals surface area contributed by atoms with E-state index in [1.165, 1.54) is 16.0 Å². The molecule has 0 aliphatic rings. The number of pyridine rings is 1. The van der Waals surface area contributed by atoms with E-state index < -0.39 is 0 Å². The van der Waals surface area contributed by atoms with Gasteiger partial charge in [-0.1, -0.05) is 32.9 Å². The number of nitrogens with zero attached hydrogens (tertiary/aromatic N) is 2. The van der Waals surface area contributed by atoms with E-state index in [0.717, 1.165) is 11.4 Å². The molecule has 0 saturated heterocycles. The molecule has 26 heavy (non-hydrogen) atoms. The van der Waals surface area contributed by atoms with E-state index >= 15 is 0 Å². The third-order valence-corrected chi connectivity index (χ3v) is 5.25. The van der Waals surface area contributed by atoms with E-state index in [0.29, 0.717) is 0 Å². The molecular formula is C20H25Cl2N3S. The quantitative estimate of drug-likeness (QED) is 0.535. The van der Waals surface area contributed by atoms with E-state index in [-0.39, 0.29) is 36.1 Å². The van der Waals surface area contributed by atoms with Gasteiger partial charge in [-0.2, -0.15) is 0 Å². The monoisotopic (exact) mass is 409 g/mol. The van der Waals surface area contributed by atoms with Crippen LogP contribution in [-0.4, -0.2) is 20.7 Å². The minimum atomic E-state index is 0. The van der Waals surface area contributed by atoms with Crippen molar-refractivity contribution in [3.63, 3.8) is 0 Å². The number of imidazole rings is 1. The maximum Gasteiger partial charge on any atom is 0.0921 e. The van der Waals surface area contributed by atoms with Crippen LogP contribution in [0.3, 0.4) is 0 Å². The van der Waals surface area contributed by atoms with Crippen molar-refractivity contribution >= 4 is 36.6 Å². The molecule has 1 aromatic carbocycles. The molecule has 2 heterocycles. The molecule has 2 aromatic heterocycles. The summed E-state index contributed by atoms with van der Waals surface area (Å²) < 4.78 is 0. The summed E-state index contributed by atoms with van der Waals surface area (Å²) in [7, 11) is 0. The number of aromatic amines is 1. The third kappa shape index (κ3) is 5.76. The lowest BCUT2D eigenvalue weighted by molar-refractivity contribution is 0.590. The summed E-state index contributed by atoms with van der Waals surface area (Å²) in [6.45, 7) is 6.73. The van der Waals surface area contributed by atoms with Gasteiger partial charge in [-0.25, -0.2) is 4.98 Å². The van der Waals surface area contributed by atoms with Crippen LogP contribution in [0.2, 0.25) is 0 Å². The van der Waals surface area contributed by atoms with Gasteiger partial charge in [0.15, 0.2) is 0 Å². The zero-order valence-electron chi connectivity index (χ0n) is 15.2. The van der Waals surface area contributed by atoms with Crippen LogP contribution in [0.25, 0.3) is 0 Å². The number of hydrogen-bond acceptors (Lipinski definition) is 3. The Labute approximate surface area is 172 Å². The maximum atomic E-state index is 4.18. The third-order valence-electron chi connectivity index (χ3n) is 4.14. The average molecular weight is 410 g/mol. The summed E-state index contributed by atoms with van der Waals surface area (Å²) in [5.74, 6) is 1.24. The molecule has 6 heteroatoms. The normalized spacial score (nSPS) is 12.0. The van der Waals surface area contributed by atoms with Crippen molar-refractivity contribution in [3.05, 3.63) is 78.1 Å². The molecule has 1 unspecified atom stereocenters. The molecule has 0 bridgehead atoms. The predicted molar refractivity (Wildman–Crippen MR) is 115 cm³/mol. The van der Waals surface area contributed by atoms with Crippen molar-refractivity contribution in [3.8, 4) is 0 Å². The Kier molecular flexibility index (Phi) is 8.68. The Balaban J connectivity index is 0.00000169. The fourth-order valence-corrected chi connectivity index (χ4v) is 3.71. The second kappa shape index (κ2) is 10.0. The lowest BCUT2D eigenvalue weighted by Gasteiger charge is -2.19. The second-order valence-electron chi connectivity index (χ2n) is 6.93. The standard InChI is InChI=1S/C20H23N3S.2ClH/c1-20(2,3)16-4-6-17(7-5-16)24-13-18(19-12-22-14-23-19)15-8-10-21-11-9-15;;/h4-12,14,18H,13H2,1-3H3,(H,22,23);2*1H. The van der Waals surface area contributed by atoms with E-state index in [1.807, 2.05) is 30.4 Å². The number of halogens is 2. The van der Waals surface area contributed by atoms with E-state index in [1.54, 1.807) is 6.33 Å². The van der Waals surface area contributed by atoms with Gasteiger partial charge in [-0.15, -0.1) is 36.6 Å². The number of H-pyrrole nitrogens is 1. The second-order valence-corrected chi connectivity index (χ2v) is 8.02. The van der Waals surface area contributed by atoms with Crippen molar-refractivity contribution in [2.75, 3.05) is 5.75 Å². The molecule has 3 aromatic rings. The molecule has 140 valence electrons. The average Bonchev–Trinajstić information content (AvgIpc) is 3.10. The van der Waals surface area contributed by atoms with Crippen LogP contribution in [0.1, 0.15) is 43.5 Å².